The molecule has 0 aliphatic carbocycles. The van der Waals surface area contributed by atoms with Gasteiger partial charge in [-0.25, -0.2) is 0 Å². The summed E-state index contributed by atoms with van der Waals surface area (Å²) < 4.78 is 0.956. The van der Waals surface area contributed by atoms with Gasteiger partial charge in [0.2, 0.25) is 0 Å². The Kier molecular flexibility index (Phi) is 11.9. The Morgan fingerprint density at radius 2 is 1.24 bits per heavy atom. The van der Waals surface area contributed by atoms with Gasteiger partial charge in [-0.2, -0.15) is 0 Å². The third-order valence-corrected chi connectivity index (χ3v) is 6.89. The van der Waals surface area contributed by atoms with Crippen LogP contribution in [0.2, 0.25) is 0 Å². The van der Waals surface area contributed by atoms with E-state index in [0.29, 0.717) is 12.3 Å². The Hall–Kier alpha value is -1.03. The minimum Gasteiger partial charge on any atom is -0.715 e. The van der Waals surface area contributed by atoms with Crippen LogP contribution in [0.1, 0.15) is 131 Å². The molecule has 0 unspecified atom stereocenters. The summed E-state index contributed by atoms with van der Waals surface area (Å²) in [5.74, 6) is 0.413. The van der Waals surface area contributed by atoms with E-state index in [1.165, 1.54) is 77.0 Å². The average molecular weight is 408 g/mol. The van der Waals surface area contributed by atoms with E-state index in [2.05, 4.69) is 19.1 Å². The van der Waals surface area contributed by atoms with Gasteiger partial charge in [-0.1, -0.05) is 81.9 Å². The van der Waals surface area contributed by atoms with E-state index in [1.807, 2.05) is 27.7 Å². The molecule has 1 radical (unpaired) electrons. The largest absolute Gasteiger partial charge is 0.715 e. The number of rotatable bonds is 16. The number of unbranched alkanes of at least 4 members (excludes halogenated alkanes) is 12. The molecule has 4 nitrogen and oxygen atoms in total. The van der Waals surface area contributed by atoms with Crippen molar-refractivity contribution < 1.29 is 9.95 Å². The standard InChI is InChI=1S/C25H47N2O2/c1-6-7-8-9-10-11-12-13-14-15-16-17-18-19-20-21-22-23-26(28)24(2,3)25(4,5)27(23)29/h13-14H,6-12,15-22H2,1-5H3/b14-13-. The highest BCUT2D eigenvalue weighted by Crippen LogP contribution is 2.36. The van der Waals surface area contributed by atoms with Crippen molar-refractivity contribution >= 4 is 5.84 Å². The van der Waals surface area contributed by atoms with Gasteiger partial charge in [-0.05, 0) is 59.8 Å². The molecule has 0 aromatic rings. The number of nitrogens with zero attached hydrogens (tertiary/aromatic N) is 2. The lowest BCUT2D eigenvalue weighted by Crippen LogP contribution is -2.53. The van der Waals surface area contributed by atoms with Crippen LogP contribution in [0.15, 0.2) is 12.2 Å². The molecule has 0 aromatic heterocycles. The third kappa shape index (κ3) is 7.96. The van der Waals surface area contributed by atoms with Gasteiger partial charge in [0.25, 0.3) is 5.84 Å². The van der Waals surface area contributed by atoms with Gasteiger partial charge < -0.3 is 5.21 Å². The maximum absolute atomic E-state index is 12.5. The summed E-state index contributed by atoms with van der Waals surface area (Å²) in [5, 5.41) is 25.9. The smallest absolute Gasteiger partial charge is 0.284 e. The monoisotopic (exact) mass is 407 g/mol. The van der Waals surface area contributed by atoms with Crippen LogP contribution in [0.5, 0.6) is 0 Å². The summed E-state index contributed by atoms with van der Waals surface area (Å²) in [7, 11) is 0. The lowest BCUT2D eigenvalue weighted by atomic mass is 9.84. The van der Waals surface area contributed by atoms with Gasteiger partial charge in [-0.3, -0.25) is 4.74 Å². The van der Waals surface area contributed by atoms with Crippen molar-refractivity contribution in [3.8, 4) is 0 Å². The van der Waals surface area contributed by atoms with Crippen LogP contribution in [-0.4, -0.2) is 26.7 Å². The van der Waals surface area contributed by atoms with E-state index < -0.39 is 11.1 Å². The third-order valence-electron chi connectivity index (χ3n) is 6.89. The Bertz CT molecular complexity index is 509. The van der Waals surface area contributed by atoms with Gasteiger partial charge >= 0.3 is 0 Å². The Balaban J connectivity index is 2.00. The van der Waals surface area contributed by atoms with Crippen LogP contribution >= 0.6 is 0 Å². The highest BCUT2D eigenvalue weighted by atomic mass is 16.5. The fraction of sp³-hybridized carbons (Fsp3) is 0.880. The summed E-state index contributed by atoms with van der Waals surface area (Å²) >= 11 is 0. The second-order valence-electron chi connectivity index (χ2n) is 9.81. The van der Waals surface area contributed by atoms with Gasteiger partial charge in [0.05, 0.1) is 6.42 Å². The highest BCUT2D eigenvalue weighted by Gasteiger charge is 2.59. The first-order valence-electron chi connectivity index (χ1n) is 12.2. The number of amidine groups is 1. The van der Waals surface area contributed by atoms with Crippen molar-refractivity contribution in [1.82, 2.24) is 5.06 Å². The van der Waals surface area contributed by atoms with Crippen LogP contribution in [0, 0.1) is 5.21 Å². The van der Waals surface area contributed by atoms with Gasteiger partial charge in [-0.15, -0.1) is 0 Å². The molecular formula is C25H47N2O2. The van der Waals surface area contributed by atoms with E-state index >= 15 is 0 Å². The predicted octanol–water partition coefficient (Wildman–Crippen LogP) is 7.54. The molecule has 0 spiro atoms. The van der Waals surface area contributed by atoms with E-state index in [0.717, 1.165) is 22.6 Å². The summed E-state index contributed by atoms with van der Waals surface area (Å²) in [4.78, 5) is 0. The molecule has 1 aliphatic rings. The van der Waals surface area contributed by atoms with Crippen molar-refractivity contribution in [3.05, 3.63) is 17.4 Å². The Labute approximate surface area is 180 Å². The fourth-order valence-electron chi connectivity index (χ4n) is 3.96. The molecule has 0 fully saturated rings. The molecular weight excluding hydrogens is 360 g/mol. The Morgan fingerprint density at radius 3 is 1.69 bits per heavy atom. The summed E-state index contributed by atoms with van der Waals surface area (Å²) in [6, 6.07) is 0. The molecule has 1 heterocycles. The van der Waals surface area contributed by atoms with Crippen molar-refractivity contribution in [1.29, 1.82) is 0 Å². The van der Waals surface area contributed by atoms with Crippen LogP contribution < -0.4 is 0 Å². The lowest BCUT2D eigenvalue weighted by molar-refractivity contribution is -0.540. The predicted molar refractivity (Wildman–Crippen MR) is 123 cm³/mol. The molecule has 0 aromatic carbocycles. The molecule has 1 aliphatic heterocycles. The molecule has 0 bridgehead atoms. The van der Waals surface area contributed by atoms with Crippen molar-refractivity contribution in [2.24, 2.45) is 0 Å². The quantitative estimate of drug-likeness (QED) is 0.115. The molecule has 4 heteroatoms. The highest BCUT2D eigenvalue weighted by molar-refractivity contribution is 5.79. The minimum absolute atomic E-state index is 0.413. The summed E-state index contributed by atoms with van der Waals surface area (Å²) in [5.41, 5.74) is -1.35. The van der Waals surface area contributed by atoms with Crippen LogP contribution in [0.3, 0.4) is 0 Å². The Morgan fingerprint density at radius 1 is 0.793 bits per heavy atom. The fourth-order valence-corrected chi connectivity index (χ4v) is 3.96. The second-order valence-corrected chi connectivity index (χ2v) is 9.81. The zero-order valence-corrected chi connectivity index (χ0v) is 20.0. The first-order chi connectivity index (χ1) is 13.8. The topological polar surface area (TPSA) is 49.2 Å². The lowest BCUT2D eigenvalue weighted by Gasteiger charge is -2.32. The first-order valence-corrected chi connectivity index (χ1v) is 12.2. The molecule has 29 heavy (non-hydrogen) atoms. The SMILES string of the molecule is CCCCCCCC/C=C\CCCCCCCCC1=[N+]([O-])C(C)(C)C(C)(C)N1[O]. The number of allylic oxidation sites excluding steroid dienone is 2. The van der Waals surface area contributed by atoms with Crippen LogP contribution in [0.4, 0.5) is 0 Å². The molecule has 169 valence electrons. The molecule has 0 N–H and O–H groups in total. The number of hydroxylamine groups is 3. The van der Waals surface area contributed by atoms with Crippen molar-refractivity contribution in [2.45, 2.75) is 142 Å². The summed E-state index contributed by atoms with van der Waals surface area (Å²) in [6.45, 7) is 9.71. The number of hydrogen-bond donors (Lipinski definition) is 0. The van der Waals surface area contributed by atoms with Gasteiger partial charge in [0.15, 0.2) is 5.54 Å². The van der Waals surface area contributed by atoms with Crippen molar-refractivity contribution in [3.63, 3.8) is 0 Å². The minimum atomic E-state index is -0.674. The molecule has 0 atom stereocenters. The normalized spacial score (nSPS) is 18.3. The van der Waals surface area contributed by atoms with Crippen LogP contribution in [0.25, 0.3) is 0 Å². The second kappa shape index (κ2) is 13.3. The molecule has 0 saturated heterocycles. The molecule has 0 amide bonds. The van der Waals surface area contributed by atoms with E-state index in [-0.39, 0.29) is 0 Å². The maximum Gasteiger partial charge on any atom is 0.284 e. The van der Waals surface area contributed by atoms with Gasteiger partial charge in [0, 0.05) is 5.21 Å². The zero-order valence-electron chi connectivity index (χ0n) is 20.0. The van der Waals surface area contributed by atoms with E-state index in [9.17, 15) is 10.4 Å². The van der Waals surface area contributed by atoms with Crippen molar-refractivity contribution in [2.75, 3.05) is 0 Å². The van der Waals surface area contributed by atoms with E-state index in [4.69, 9.17) is 0 Å². The first kappa shape index (κ1) is 26.0. The maximum atomic E-state index is 12.5. The summed E-state index contributed by atoms with van der Waals surface area (Å²) in [6.07, 6.45) is 23.0. The van der Waals surface area contributed by atoms with E-state index in [1.54, 1.807) is 0 Å². The number of hydrogen-bond acceptors (Lipinski definition) is 2. The molecule has 1 rings (SSSR count). The van der Waals surface area contributed by atoms with Crippen LogP contribution in [-0.2, 0) is 5.21 Å². The average Bonchev–Trinajstić information content (AvgIpc) is 2.79. The zero-order chi connectivity index (χ0) is 21.8. The molecule has 0 saturated carbocycles. The van der Waals surface area contributed by atoms with Gasteiger partial charge in [0.1, 0.15) is 5.54 Å².